The van der Waals surface area contributed by atoms with Gasteiger partial charge >= 0.3 is 0 Å². The van der Waals surface area contributed by atoms with E-state index >= 15 is 0 Å². The Morgan fingerprint density at radius 3 is 3.20 bits per heavy atom. The zero-order valence-corrected chi connectivity index (χ0v) is 9.67. The summed E-state index contributed by atoms with van der Waals surface area (Å²) in [4.78, 5) is 6.65. The number of nitrogens with zero attached hydrogens (tertiary/aromatic N) is 2. The van der Waals surface area contributed by atoms with E-state index in [0.29, 0.717) is 6.54 Å². The molecule has 0 aliphatic carbocycles. The van der Waals surface area contributed by atoms with Gasteiger partial charge in [0.1, 0.15) is 0 Å². The van der Waals surface area contributed by atoms with Crippen molar-refractivity contribution in [3.05, 3.63) is 24.0 Å². The molecule has 1 saturated heterocycles. The molecule has 15 heavy (non-hydrogen) atoms. The lowest BCUT2D eigenvalue weighted by Gasteiger charge is -2.22. The van der Waals surface area contributed by atoms with Crippen LogP contribution in [0.2, 0.25) is 0 Å². The average molecular weight is 223 g/mol. The predicted octanol–water partition coefficient (Wildman–Crippen LogP) is 1.48. The van der Waals surface area contributed by atoms with Gasteiger partial charge in [0.25, 0.3) is 0 Å². The van der Waals surface area contributed by atoms with Crippen molar-refractivity contribution in [3.63, 3.8) is 0 Å². The van der Waals surface area contributed by atoms with Crippen molar-refractivity contribution < 1.29 is 0 Å². The molecule has 0 atom stereocenters. The maximum Gasteiger partial charge on any atom is 0.0560 e. The Bertz CT molecular complexity index is 308. The van der Waals surface area contributed by atoms with Gasteiger partial charge in [-0.3, -0.25) is 4.98 Å². The molecule has 4 heteroatoms. The van der Waals surface area contributed by atoms with Gasteiger partial charge in [0.15, 0.2) is 0 Å². The molecule has 0 bridgehead atoms. The number of thioether (sulfide) groups is 1. The number of anilines is 1. The Morgan fingerprint density at radius 1 is 1.40 bits per heavy atom. The number of nitrogens with two attached hydrogens (primary N) is 1. The first kappa shape index (κ1) is 10.8. The SMILES string of the molecule is NCc1cc(N2CCCSCC2)ccn1. The van der Waals surface area contributed by atoms with E-state index in [0.717, 1.165) is 18.8 Å². The van der Waals surface area contributed by atoms with Gasteiger partial charge in [0.2, 0.25) is 0 Å². The van der Waals surface area contributed by atoms with Crippen LogP contribution in [0.5, 0.6) is 0 Å². The average Bonchev–Trinajstić information content (AvgIpc) is 2.58. The minimum absolute atomic E-state index is 0.524. The maximum atomic E-state index is 5.59. The second kappa shape index (κ2) is 5.37. The summed E-state index contributed by atoms with van der Waals surface area (Å²) in [6.07, 6.45) is 3.13. The molecule has 0 spiro atoms. The molecule has 0 radical (unpaired) electrons. The molecule has 2 rings (SSSR count). The first-order valence-electron chi connectivity index (χ1n) is 5.38. The smallest absolute Gasteiger partial charge is 0.0560 e. The Kier molecular flexibility index (Phi) is 3.86. The highest BCUT2D eigenvalue weighted by molar-refractivity contribution is 7.99. The maximum absolute atomic E-state index is 5.59. The summed E-state index contributed by atoms with van der Waals surface area (Å²) in [6, 6.07) is 4.19. The summed E-state index contributed by atoms with van der Waals surface area (Å²) >= 11 is 2.04. The fourth-order valence-corrected chi connectivity index (χ4v) is 2.66. The van der Waals surface area contributed by atoms with E-state index in [-0.39, 0.29) is 0 Å². The molecule has 1 aromatic rings. The molecule has 1 aliphatic heterocycles. The number of pyridine rings is 1. The molecule has 0 amide bonds. The van der Waals surface area contributed by atoms with Crippen molar-refractivity contribution in [3.8, 4) is 0 Å². The van der Waals surface area contributed by atoms with Gasteiger partial charge in [0, 0.05) is 37.3 Å². The minimum atomic E-state index is 0.524. The van der Waals surface area contributed by atoms with Crippen LogP contribution in [0.15, 0.2) is 18.3 Å². The van der Waals surface area contributed by atoms with Crippen molar-refractivity contribution in [1.82, 2.24) is 4.98 Å². The fourth-order valence-electron chi connectivity index (χ4n) is 1.78. The van der Waals surface area contributed by atoms with Gasteiger partial charge in [-0.1, -0.05) is 0 Å². The predicted molar refractivity (Wildman–Crippen MR) is 66.3 cm³/mol. The topological polar surface area (TPSA) is 42.1 Å². The van der Waals surface area contributed by atoms with E-state index < -0.39 is 0 Å². The molecule has 0 unspecified atom stereocenters. The number of aromatic nitrogens is 1. The molecular weight excluding hydrogens is 206 g/mol. The van der Waals surface area contributed by atoms with E-state index in [1.807, 2.05) is 18.0 Å². The van der Waals surface area contributed by atoms with Crippen molar-refractivity contribution >= 4 is 17.4 Å². The van der Waals surface area contributed by atoms with Gasteiger partial charge < -0.3 is 10.6 Å². The molecule has 1 aliphatic rings. The summed E-state index contributed by atoms with van der Waals surface area (Å²) < 4.78 is 0. The van der Waals surface area contributed by atoms with Crippen LogP contribution in [0, 0.1) is 0 Å². The van der Waals surface area contributed by atoms with Gasteiger partial charge in [0.05, 0.1) is 5.69 Å². The van der Waals surface area contributed by atoms with Crippen LogP contribution < -0.4 is 10.6 Å². The molecule has 1 aromatic heterocycles. The van der Waals surface area contributed by atoms with E-state index in [1.165, 1.54) is 23.6 Å². The van der Waals surface area contributed by atoms with Crippen LogP contribution in [-0.4, -0.2) is 29.6 Å². The molecule has 0 saturated carbocycles. The highest BCUT2D eigenvalue weighted by Crippen LogP contribution is 2.19. The quantitative estimate of drug-likeness (QED) is 0.824. The molecule has 2 heterocycles. The normalized spacial score (nSPS) is 17.5. The van der Waals surface area contributed by atoms with Crippen LogP contribution in [-0.2, 0) is 6.54 Å². The van der Waals surface area contributed by atoms with Crippen LogP contribution >= 0.6 is 11.8 Å². The lowest BCUT2D eigenvalue weighted by atomic mass is 10.2. The van der Waals surface area contributed by atoms with E-state index in [1.54, 1.807) is 0 Å². The minimum Gasteiger partial charge on any atom is -0.371 e. The highest BCUT2D eigenvalue weighted by Gasteiger charge is 2.10. The third-order valence-corrected chi connectivity index (χ3v) is 3.65. The second-order valence-corrected chi connectivity index (χ2v) is 4.89. The largest absolute Gasteiger partial charge is 0.371 e. The lowest BCUT2D eigenvalue weighted by molar-refractivity contribution is 0.812. The summed E-state index contributed by atoms with van der Waals surface area (Å²) in [7, 11) is 0. The monoisotopic (exact) mass is 223 g/mol. The molecular formula is C11H17N3S. The summed E-state index contributed by atoms with van der Waals surface area (Å²) in [5, 5.41) is 0. The summed E-state index contributed by atoms with van der Waals surface area (Å²) in [5.41, 5.74) is 7.84. The van der Waals surface area contributed by atoms with E-state index in [9.17, 15) is 0 Å². The Hall–Kier alpha value is -0.740. The third kappa shape index (κ3) is 2.86. The van der Waals surface area contributed by atoms with Crippen molar-refractivity contribution in [1.29, 1.82) is 0 Å². The van der Waals surface area contributed by atoms with Crippen LogP contribution in [0.1, 0.15) is 12.1 Å². The van der Waals surface area contributed by atoms with Gasteiger partial charge in [-0.25, -0.2) is 0 Å². The molecule has 1 fully saturated rings. The Morgan fingerprint density at radius 2 is 2.33 bits per heavy atom. The molecule has 2 N–H and O–H groups in total. The van der Waals surface area contributed by atoms with E-state index in [4.69, 9.17) is 5.73 Å². The van der Waals surface area contributed by atoms with Crippen LogP contribution in [0.3, 0.4) is 0 Å². The summed E-state index contributed by atoms with van der Waals surface area (Å²) in [6.45, 7) is 2.82. The van der Waals surface area contributed by atoms with Crippen LogP contribution in [0.4, 0.5) is 5.69 Å². The van der Waals surface area contributed by atoms with Crippen molar-refractivity contribution in [2.24, 2.45) is 5.73 Å². The fraction of sp³-hybridized carbons (Fsp3) is 0.545. The Balaban J connectivity index is 2.12. The van der Waals surface area contributed by atoms with E-state index in [2.05, 4.69) is 22.0 Å². The standard InChI is InChI=1S/C11H17N3S/c12-9-10-8-11(2-3-13-10)14-4-1-6-15-7-5-14/h2-3,8H,1,4-7,9,12H2. The van der Waals surface area contributed by atoms with Gasteiger partial charge in [-0.15, -0.1) is 0 Å². The first-order valence-corrected chi connectivity index (χ1v) is 6.53. The first-order chi connectivity index (χ1) is 7.40. The number of rotatable bonds is 2. The van der Waals surface area contributed by atoms with Crippen LogP contribution in [0.25, 0.3) is 0 Å². The lowest BCUT2D eigenvalue weighted by Crippen LogP contribution is -2.25. The third-order valence-electron chi connectivity index (χ3n) is 2.60. The molecule has 3 nitrogen and oxygen atoms in total. The highest BCUT2D eigenvalue weighted by atomic mass is 32.2. The van der Waals surface area contributed by atoms with Gasteiger partial charge in [-0.05, 0) is 24.3 Å². The van der Waals surface area contributed by atoms with Crippen molar-refractivity contribution in [2.45, 2.75) is 13.0 Å². The van der Waals surface area contributed by atoms with Crippen molar-refractivity contribution in [2.75, 3.05) is 29.5 Å². The molecule has 82 valence electrons. The molecule has 0 aromatic carbocycles. The number of hydrogen-bond acceptors (Lipinski definition) is 4. The zero-order chi connectivity index (χ0) is 10.5. The second-order valence-electron chi connectivity index (χ2n) is 3.66. The number of hydrogen-bond donors (Lipinski definition) is 1. The zero-order valence-electron chi connectivity index (χ0n) is 8.85. The van der Waals surface area contributed by atoms with Gasteiger partial charge in [-0.2, -0.15) is 11.8 Å². The summed E-state index contributed by atoms with van der Waals surface area (Å²) in [5.74, 6) is 2.51. The Labute approximate surface area is 95.1 Å².